The molecule has 1 rings (SSSR count). The van der Waals surface area contributed by atoms with Crippen LogP contribution in [0.5, 0.6) is 5.75 Å². The highest BCUT2D eigenvalue weighted by Gasteiger charge is 2.07. The Morgan fingerprint density at radius 2 is 2.12 bits per heavy atom. The van der Waals surface area contributed by atoms with Gasteiger partial charge in [0.2, 0.25) is 0 Å². The first kappa shape index (κ1) is 13.0. The van der Waals surface area contributed by atoms with Gasteiger partial charge in [-0.1, -0.05) is 32.4 Å². The molecule has 0 fully saturated rings. The molecule has 2 heteroatoms. The van der Waals surface area contributed by atoms with E-state index in [9.17, 15) is 5.11 Å². The molecule has 1 atom stereocenters. The van der Waals surface area contributed by atoms with Crippen LogP contribution in [0.2, 0.25) is 0 Å². The maximum atomic E-state index is 9.40. The molecule has 0 saturated heterocycles. The Labute approximate surface area is 98.7 Å². The van der Waals surface area contributed by atoms with E-state index in [0.717, 1.165) is 19.5 Å². The number of phenolic OH excluding ortho intramolecular Hbond substituents is 1. The Morgan fingerprint density at radius 1 is 1.31 bits per heavy atom. The lowest BCUT2D eigenvalue weighted by molar-refractivity contribution is 0.455. The quantitative estimate of drug-likeness (QED) is 0.694. The summed E-state index contributed by atoms with van der Waals surface area (Å²) in [7, 11) is 0. The van der Waals surface area contributed by atoms with E-state index in [2.05, 4.69) is 25.2 Å². The van der Waals surface area contributed by atoms with Gasteiger partial charge in [0.15, 0.2) is 0 Å². The standard InChI is InChI=1S/C14H23NO/c1-3-8-15-11-12(4-2)9-13-6-5-7-14(16)10-13/h5-7,10,12,15-16H,3-4,8-9,11H2,1-2H3. The van der Waals surface area contributed by atoms with Gasteiger partial charge in [-0.05, 0) is 49.5 Å². The maximum absolute atomic E-state index is 9.40. The SMILES string of the molecule is CCCNCC(CC)Cc1cccc(O)c1. The van der Waals surface area contributed by atoms with Crippen molar-refractivity contribution in [2.75, 3.05) is 13.1 Å². The molecule has 16 heavy (non-hydrogen) atoms. The molecule has 0 aliphatic heterocycles. The first-order valence-electron chi connectivity index (χ1n) is 6.24. The minimum atomic E-state index is 0.369. The van der Waals surface area contributed by atoms with E-state index in [4.69, 9.17) is 0 Å². The summed E-state index contributed by atoms with van der Waals surface area (Å²) in [5.41, 5.74) is 1.23. The summed E-state index contributed by atoms with van der Waals surface area (Å²) in [6.07, 6.45) is 3.40. The van der Waals surface area contributed by atoms with Crippen molar-refractivity contribution < 1.29 is 5.11 Å². The van der Waals surface area contributed by atoms with Crippen molar-refractivity contribution in [3.63, 3.8) is 0 Å². The summed E-state index contributed by atoms with van der Waals surface area (Å²) in [5.74, 6) is 1.03. The predicted molar refractivity (Wildman–Crippen MR) is 68.8 cm³/mol. The lowest BCUT2D eigenvalue weighted by Gasteiger charge is -2.15. The van der Waals surface area contributed by atoms with Gasteiger partial charge in [0.1, 0.15) is 5.75 Å². The fraction of sp³-hybridized carbons (Fsp3) is 0.571. The van der Waals surface area contributed by atoms with Crippen LogP contribution >= 0.6 is 0 Å². The lowest BCUT2D eigenvalue weighted by atomic mass is 9.96. The van der Waals surface area contributed by atoms with Crippen molar-refractivity contribution in [2.45, 2.75) is 33.1 Å². The third-order valence-corrected chi connectivity index (χ3v) is 2.87. The van der Waals surface area contributed by atoms with Gasteiger partial charge >= 0.3 is 0 Å². The average molecular weight is 221 g/mol. The molecular weight excluding hydrogens is 198 g/mol. The molecule has 0 saturated carbocycles. The summed E-state index contributed by atoms with van der Waals surface area (Å²) < 4.78 is 0. The van der Waals surface area contributed by atoms with E-state index in [0.29, 0.717) is 11.7 Å². The third kappa shape index (κ3) is 4.67. The highest BCUT2D eigenvalue weighted by atomic mass is 16.3. The van der Waals surface area contributed by atoms with Gasteiger partial charge in [0, 0.05) is 0 Å². The molecular formula is C14H23NO. The summed E-state index contributed by atoms with van der Waals surface area (Å²) in [6.45, 7) is 6.57. The highest BCUT2D eigenvalue weighted by molar-refractivity contribution is 5.27. The van der Waals surface area contributed by atoms with Gasteiger partial charge in [-0.25, -0.2) is 0 Å². The number of rotatable bonds is 7. The summed E-state index contributed by atoms with van der Waals surface area (Å²) in [5, 5.41) is 12.9. The van der Waals surface area contributed by atoms with Crippen LogP contribution in [-0.2, 0) is 6.42 Å². The Kier molecular flexibility index (Phi) is 5.94. The van der Waals surface area contributed by atoms with Crippen molar-refractivity contribution in [3.8, 4) is 5.75 Å². The zero-order valence-corrected chi connectivity index (χ0v) is 10.4. The van der Waals surface area contributed by atoms with Crippen molar-refractivity contribution in [3.05, 3.63) is 29.8 Å². The molecule has 2 N–H and O–H groups in total. The molecule has 0 radical (unpaired) electrons. The number of phenols is 1. The molecule has 0 heterocycles. The second-order valence-corrected chi connectivity index (χ2v) is 4.35. The molecule has 0 aromatic heterocycles. The summed E-state index contributed by atoms with van der Waals surface area (Å²) in [6, 6.07) is 7.58. The molecule has 0 aliphatic carbocycles. The summed E-state index contributed by atoms with van der Waals surface area (Å²) >= 11 is 0. The van der Waals surface area contributed by atoms with Gasteiger partial charge in [-0.3, -0.25) is 0 Å². The van der Waals surface area contributed by atoms with Crippen molar-refractivity contribution >= 4 is 0 Å². The minimum absolute atomic E-state index is 0.369. The van der Waals surface area contributed by atoms with Crippen LogP contribution in [0.25, 0.3) is 0 Å². The minimum Gasteiger partial charge on any atom is -0.508 e. The number of benzene rings is 1. The molecule has 2 nitrogen and oxygen atoms in total. The van der Waals surface area contributed by atoms with Crippen LogP contribution in [0.3, 0.4) is 0 Å². The number of hydrogen-bond donors (Lipinski definition) is 2. The van der Waals surface area contributed by atoms with Crippen LogP contribution in [0, 0.1) is 5.92 Å². The van der Waals surface area contributed by atoms with Crippen LogP contribution < -0.4 is 5.32 Å². The fourth-order valence-electron chi connectivity index (χ4n) is 1.86. The second-order valence-electron chi connectivity index (χ2n) is 4.35. The molecule has 0 spiro atoms. The Hall–Kier alpha value is -1.02. The maximum Gasteiger partial charge on any atom is 0.115 e. The van der Waals surface area contributed by atoms with E-state index in [-0.39, 0.29) is 0 Å². The zero-order chi connectivity index (χ0) is 11.8. The first-order chi connectivity index (χ1) is 7.76. The van der Waals surface area contributed by atoms with E-state index < -0.39 is 0 Å². The van der Waals surface area contributed by atoms with Crippen LogP contribution in [0.4, 0.5) is 0 Å². The Bertz CT molecular complexity index is 299. The van der Waals surface area contributed by atoms with Crippen LogP contribution in [0.15, 0.2) is 24.3 Å². The topological polar surface area (TPSA) is 32.3 Å². The monoisotopic (exact) mass is 221 g/mol. The number of hydrogen-bond acceptors (Lipinski definition) is 2. The number of nitrogens with one attached hydrogen (secondary N) is 1. The molecule has 0 bridgehead atoms. The highest BCUT2D eigenvalue weighted by Crippen LogP contribution is 2.16. The van der Waals surface area contributed by atoms with Crippen molar-refractivity contribution in [2.24, 2.45) is 5.92 Å². The molecule has 1 unspecified atom stereocenters. The van der Waals surface area contributed by atoms with Gasteiger partial charge in [0.05, 0.1) is 0 Å². The molecule has 90 valence electrons. The van der Waals surface area contributed by atoms with E-state index in [1.807, 2.05) is 12.1 Å². The molecule has 0 amide bonds. The van der Waals surface area contributed by atoms with E-state index in [1.165, 1.54) is 18.4 Å². The van der Waals surface area contributed by atoms with Gasteiger partial charge in [-0.2, -0.15) is 0 Å². The summed E-state index contributed by atoms with van der Waals surface area (Å²) in [4.78, 5) is 0. The fourth-order valence-corrected chi connectivity index (χ4v) is 1.86. The van der Waals surface area contributed by atoms with Crippen molar-refractivity contribution in [1.82, 2.24) is 5.32 Å². The molecule has 0 aliphatic rings. The van der Waals surface area contributed by atoms with E-state index in [1.54, 1.807) is 6.07 Å². The van der Waals surface area contributed by atoms with Crippen LogP contribution in [-0.4, -0.2) is 18.2 Å². The largest absolute Gasteiger partial charge is 0.508 e. The lowest BCUT2D eigenvalue weighted by Crippen LogP contribution is -2.24. The normalized spacial score (nSPS) is 12.6. The first-order valence-corrected chi connectivity index (χ1v) is 6.24. The van der Waals surface area contributed by atoms with E-state index >= 15 is 0 Å². The van der Waals surface area contributed by atoms with Crippen molar-refractivity contribution in [1.29, 1.82) is 0 Å². The second kappa shape index (κ2) is 7.29. The van der Waals surface area contributed by atoms with Crippen LogP contribution in [0.1, 0.15) is 32.3 Å². The molecule has 1 aromatic carbocycles. The number of aromatic hydroxyl groups is 1. The zero-order valence-electron chi connectivity index (χ0n) is 10.4. The Morgan fingerprint density at radius 3 is 2.75 bits per heavy atom. The van der Waals surface area contributed by atoms with Gasteiger partial charge in [-0.15, -0.1) is 0 Å². The molecule has 1 aromatic rings. The third-order valence-electron chi connectivity index (χ3n) is 2.87. The predicted octanol–water partition coefficient (Wildman–Crippen LogP) is 2.96. The Balaban J connectivity index is 2.43. The average Bonchev–Trinajstić information content (AvgIpc) is 2.28. The smallest absolute Gasteiger partial charge is 0.115 e. The van der Waals surface area contributed by atoms with Gasteiger partial charge < -0.3 is 10.4 Å². The van der Waals surface area contributed by atoms with Gasteiger partial charge in [0.25, 0.3) is 0 Å².